The maximum absolute atomic E-state index is 12.2. The minimum atomic E-state index is -0.797. The van der Waals surface area contributed by atoms with Crippen molar-refractivity contribution in [3.05, 3.63) is 35.4 Å². The zero-order valence-electron chi connectivity index (χ0n) is 14.5. The second kappa shape index (κ2) is 8.98. The van der Waals surface area contributed by atoms with Crippen LogP contribution < -0.4 is 11.1 Å². The van der Waals surface area contributed by atoms with Gasteiger partial charge in [-0.25, -0.2) is 0 Å². The summed E-state index contributed by atoms with van der Waals surface area (Å²) in [5.41, 5.74) is 6.35. The van der Waals surface area contributed by atoms with Gasteiger partial charge in [-0.15, -0.1) is 0 Å². The Morgan fingerprint density at radius 2 is 1.73 bits per heavy atom. The Morgan fingerprint density at radius 1 is 1.15 bits per heavy atom. The third kappa shape index (κ3) is 5.58. The van der Waals surface area contributed by atoms with Gasteiger partial charge in [0.05, 0.1) is 0 Å². The molecule has 0 aromatic heterocycles. The molecule has 0 spiro atoms. The number of likely N-dealkylation sites (tertiary alicyclic amines) is 1. The SMILES string of the molecule is N=C(N)c1ccc(C(=O)NCCC(=O)N2CCC(CC(=O)O)CC2)cc1. The van der Waals surface area contributed by atoms with E-state index in [1.54, 1.807) is 29.2 Å². The Balaban J connectivity index is 1.72. The summed E-state index contributed by atoms with van der Waals surface area (Å²) in [6, 6.07) is 6.37. The van der Waals surface area contributed by atoms with E-state index in [0.29, 0.717) is 37.1 Å². The molecule has 1 aliphatic rings. The molecular weight excluding hydrogens is 336 g/mol. The number of amidine groups is 1. The third-order valence-electron chi connectivity index (χ3n) is 4.51. The molecule has 0 unspecified atom stereocenters. The van der Waals surface area contributed by atoms with Gasteiger partial charge in [0, 0.05) is 43.6 Å². The van der Waals surface area contributed by atoms with E-state index in [9.17, 15) is 14.4 Å². The number of carboxylic acids is 1. The van der Waals surface area contributed by atoms with Gasteiger partial charge in [0.15, 0.2) is 0 Å². The fraction of sp³-hybridized carbons (Fsp3) is 0.444. The number of benzene rings is 1. The number of carbonyl (C=O) groups is 3. The number of carbonyl (C=O) groups excluding carboxylic acids is 2. The van der Waals surface area contributed by atoms with Crippen LogP contribution in [0, 0.1) is 11.3 Å². The van der Waals surface area contributed by atoms with Crippen molar-refractivity contribution >= 4 is 23.6 Å². The average molecular weight is 360 g/mol. The number of piperidine rings is 1. The molecule has 0 saturated carbocycles. The molecule has 1 saturated heterocycles. The van der Waals surface area contributed by atoms with Gasteiger partial charge >= 0.3 is 5.97 Å². The van der Waals surface area contributed by atoms with Crippen molar-refractivity contribution in [3.63, 3.8) is 0 Å². The summed E-state index contributed by atoms with van der Waals surface area (Å²) in [5.74, 6) is -1.04. The maximum atomic E-state index is 12.2. The Hall–Kier alpha value is -2.90. The van der Waals surface area contributed by atoms with Crippen LogP contribution in [0.2, 0.25) is 0 Å². The minimum absolute atomic E-state index is 0.0361. The van der Waals surface area contributed by atoms with E-state index in [2.05, 4.69) is 5.32 Å². The molecule has 5 N–H and O–H groups in total. The summed E-state index contributed by atoms with van der Waals surface area (Å²) in [5, 5.41) is 18.8. The first-order valence-corrected chi connectivity index (χ1v) is 8.59. The van der Waals surface area contributed by atoms with Gasteiger partial charge < -0.3 is 21.1 Å². The number of hydrogen-bond donors (Lipinski definition) is 4. The van der Waals surface area contributed by atoms with Gasteiger partial charge in [0.1, 0.15) is 5.84 Å². The lowest BCUT2D eigenvalue weighted by Gasteiger charge is -2.31. The van der Waals surface area contributed by atoms with Crippen LogP contribution in [0.1, 0.15) is 41.6 Å². The lowest BCUT2D eigenvalue weighted by atomic mass is 9.93. The molecule has 2 rings (SSSR count). The Kier molecular flexibility index (Phi) is 6.71. The summed E-state index contributed by atoms with van der Waals surface area (Å²) < 4.78 is 0. The monoisotopic (exact) mass is 360 g/mol. The van der Waals surface area contributed by atoms with Crippen LogP contribution in [0.15, 0.2) is 24.3 Å². The van der Waals surface area contributed by atoms with E-state index >= 15 is 0 Å². The number of hydrogen-bond acceptors (Lipinski definition) is 4. The van der Waals surface area contributed by atoms with Crippen LogP contribution in [0.4, 0.5) is 0 Å². The molecule has 1 aromatic rings. The third-order valence-corrected chi connectivity index (χ3v) is 4.51. The molecule has 0 radical (unpaired) electrons. The van der Waals surface area contributed by atoms with Crippen molar-refractivity contribution < 1.29 is 19.5 Å². The average Bonchev–Trinajstić information content (AvgIpc) is 2.61. The fourth-order valence-electron chi connectivity index (χ4n) is 2.98. The fourth-order valence-corrected chi connectivity index (χ4v) is 2.98. The van der Waals surface area contributed by atoms with Crippen molar-refractivity contribution in [2.75, 3.05) is 19.6 Å². The number of nitrogens with two attached hydrogens (primary N) is 1. The van der Waals surface area contributed by atoms with E-state index in [1.807, 2.05) is 0 Å². The van der Waals surface area contributed by atoms with E-state index in [0.717, 1.165) is 0 Å². The first-order valence-electron chi connectivity index (χ1n) is 8.59. The molecule has 1 aliphatic heterocycles. The van der Waals surface area contributed by atoms with Crippen LogP contribution in [-0.2, 0) is 9.59 Å². The Morgan fingerprint density at radius 3 is 2.27 bits per heavy atom. The number of rotatable bonds is 7. The molecule has 0 aliphatic carbocycles. The number of nitrogens with one attached hydrogen (secondary N) is 2. The first kappa shape index (κ1) is 19.4. The van der Waals surface area contributed by atoms with Gasteiger partial charge in [-0.1, -0.05) is 12.1 Å². The lowest BCUT2D eigenvalue weighted by Crippen LogP contribution is -2.40. The standard InChI is InChI=1S/C18H24N4O4/c19-17(20)13-1-3-14(4-2-13)18(26)21-8-5-15(23)22-9-6-12(7-10-22)11-16(24)25/h1-4,12H,5-11H2,(H3,19,20)(H,21,26)(H,24,25). The smallest absolute Gasteiger partial charge is 0.303 e. The van der Waals surface area contributed by atoms with Gasteiger partial charge in [-0.3, -0.25) is 19.8 Å². The number of amides is 2. The highest BCUT2D eigenvalue weighted by atomic mass is 16.4. The van der Waals surface area contributed by atoms with E-state index in [1.165, 1.54) is 0 Å². The predicted octanol–water partition coefficient (Wildman–Crippen LogP) is 0.804. The quantitative estimate of drug-likeness (QED) is 0.421. The Labute approximate surface area is 151 Å². The second-order valence-electron chi connectivity index (χ2n) is 6.42. The van der Waals surface area contributed by atoms with E-state index in [4.69, 9.17) is 16.2 Å². The van der Waals surface area contributed by atoms with Crippen molar-refractivity contribution in [3.8, 4) is 0 Å². The predicted molar refractivity (Wildman–Crippen MR) is 96.0 cm³/mol. The largest absolute Gasteiger partial charge is 0.481 e. The summed E-state index contributed by atoms with van der Waals surface area (Å²) in [6.45, 7) is 1.37. The highest BCUT2D eigenvalue weighted by Gasteiger charge is 2.24. The van der Waals surface area contributed by atoms with Crippen molar-refractivity contribution in [2.45, 2.75) is 25.7 Å². The topological polar surface area (TPSA) is 137 Å². The Bertz CT molecular complexity index is 679. The summed E-state index contributed by atoms with van der Waals surface area (Å²) in [4.78, 5) is 36.7. The molecule has 8 heteroatoms. The molecule has 26 heavy (non-hydrogen) atoms. The number of aliphatic carboxylic acids is 1. The van der Waals surface area contributed by atoms with Crippen molar-refractivity contribution in [1.82, 2.24) is 10.2 Å². The molecule has 0 bridgehead atoms. The van der Waals surface area contributed by atoms with Gasteiger partial charge in [-0.05, 0) is 30.9 Å². The van der Waals surface area contributed by atoms with Crippen LogP contribution in [0.5, 0.6) is 0 Å². The highest BCUT2D eigenvalue weighted by Crippen LogP contribution is 2.20. The van der Waals surface area contributed by atoms with Crippen LogP contribution in [0.25, 0.3) is 0 Å². The summed E-state index contributed by atoms with van der Waals surface area (Å²) in [7, 11) is 0. The normalized spacial score (nSPS) is 14.7. The van der Waals surface area contributed by atoms with E-state index in [-0.39, 0.29) is 43.0 Å². The first-order chi connectivity index (χ1) is 12.4. The minimum Gasteiger partial charge on any atom is -0.481 e. The molecule has 8 nitrogen and oxygen atoms in total. The summed E-state index contributed by atoms with van der Waals surface area (Å²) in [6.07, 6.45) is 1.77. The molecular formula is C18H24N4O4. The maximum Gasteiger partial charge on any atom is 0.303 e. The zero-order valence-corrected chi connectivity index (χ0v) is 14.5. The molecule has 1 fully saturated rings. The second-order valence-corrected chi connectivity index (χ2v) is 6.42. The zero-order chi connectivity index (χ0) is 19.1. The molecule has 2 amide bonds. The van der Waals surface area contributed by atoms with Crippen LogP contribution in [0.3, 0.4) is 0 Å². The molecule has 1 aromatic carbocycles. The van der Waals surface area contributed by atoms with Gasteiger partial charge in [0.25, 0.3) is 5.91 Å². The summed E-state index contributed by atoms with van der Waals surface area (Å²) >= 11 is 0. The number of nitrogens with zero attached hydrogens (tertiary/aromatic N) is 1. The molecule has 0 atom stereocenters. The van der Waals surface area contributed by atoms with Crippen LogP contribution >= 0.6 is 0 Å². The number of carboxylic acid groups (broad SMARTS) is 1. The van der Waals surface area contributed by atoms with Crippen LogP contribution in [-0.4, -0.2) is 53.3 Å². The number of nitrogen functional groups attached to an aromatic ring is 1. The molecule has 140 valence electrons. The molecule has 1 heterocycles. The van der Waals surface area contributed by atoms with E-state index < -0.39 is 5.97 Å². The van der Waals surface area contributed by atoms with Crippen molar-refractivity contribution in [2.24, 2.45) is 11.7 Å². The lowest BCUT2D eigenvalue weighted by molar-refractivity contribution is -0.138. The van der Waals surface area contributed by atoms with Gasteiger partial charge in [-0.2, -0.15) is 0 Å². The van der Waals surface area contributed by atoms with Crippen molar-refractivity contribution in [1.29, 1.82) is 5.41 Å². The highest BCUT2D eigenvalue weighted by molar-refractivity contribution is 5.98. The van der Waals surface area contributed by atoms with Gasteiger partial charge in [0.2, 0.25) is 5.91 Å².